The van der Waals surface area contributed by atoms with Crippen molar-refractivity contribution in [3.05, 3.63) is 29.8 Å². The van der Waals surface area contributed by atoms with Gasteiger partial charge in [0.1, 0.15) is 6.29 Å². The standard InChI is InChI=1S/C8H7FO3S/c9-6-13(11,12)8-3-1-7(5-10)2-4-8/h1-5H,6H2. The Balaban J connectivity index is 3.13. The van der Waals surface area contributed by atoms with Crippen LogP contribution in [0.25, 0.3) is 0 Å². The molecule has 0 saturated heterocycles. The van der Waals surface area contributed by atoms with Crippen LogP contribution in [-0.2, 0) is 9.84 Å². The fraction of sp³-hybridized carbons (Fsp3) is 0.125. The minimum atomic E-state index is -3.81. The van der Waals surface area contributed by atoms with E-state index in [1.165, 1.54) is 24.3 Å². The normalized spacial score (nSPS) is 11.2. The molecule has 0 N–H and O–H groups in total. The van der Waals surface area contributed by atoms with Crippen LogP contribution in [0.1, 0.15) is 10.4 Å². The van der Waals surface area contributed by atoms with Crippen LogP contribution in [0.4, 0.5) is 4.39 Å². The maximum Gasteiger partial charge on any atom is 0.207 e. The molecule has 13 heavy (non-hydrogen) atoms. The van der Waals surface area contributed by atoms with E-state index in [2.05, 4.69) is 0 Å². The summed E-state index contributed by atoms with van der Waals surface area (Å²) in [6.45, 7) is 0. The Morgan fingerprint density at radius 2 is 1.77 bits per heavy atom. The molecule has 1 rings (SSSR count). The largest absolute Gasteiger partial charge is 0.298 e. The van der Waals surface area contributed by atoms with Crippen molar-refractivity contribution in [2.24, 2.45) is 0 Å². The lowest BCUT2D eigenvalue weighted by atomic mass is 10.2. The molecule has 0 aliphatic carbocycles. The zero-order valence-electron chi connectivity index (χ0n) is 6.60. The number of carbonyl (C=O) groups excluding carboxylic acids is 1. The highest BCUT2D eigenvalue weighted by Crippen LogP contribution is 2.11. The summed E-state index contributed by atoms with van der Waals surface area (Å²) in [4.78, 5) is 10.1. The fourth-order valence-electron chi connectivity index (χ4n) is 0.817. The lowest BCUT2D eigenvalue weighted by Gasteiger charge is -1.98. The van der Waals surface area contributed by atoms with E-state index >= 15 is 0 Å². The topological polar surface area (TPSA) is 51.2 Å². The maximum absolute atomic E-state index is 12.0. The van der Waals surface area contributed by atoms with Gasteiger partial charge in [0.05, 0.1) is 4.90 Å². The number of rotatable bonds is 3. The third kappa shape index (κ3) is 2.12. The van der Waals surface area contributed by atoms with Crippen molar-refractivity contribution >= 4 is 16.1 Å². The van der Waals surface area contributed by atoms with Crippen LogP contribution in [0.2, 0.25) is 0 Å². The van der Waals surface area contributed by atoms with Crippen LogP contribution in [0.5, 0.6) is 0 Å². The maximum atomic E-state index is 12.0. The van der Waals surface area contributed by atoms with E-state index in [0.29, 0.717) is 11.8 Å². The number of benzene rings is 1. The summed E-state index contributed by atoms with van der Waals surface area (Å²) in [7, 11) is -3.81. The van der Waals surface area contributed by atoms with Gasteiger partial charge in [-0.1, -0.05) is 12.1 Å². The lowest BCUT2D eigenvalue weighted by Crippen LogP contribution is -2.02. The molecule has 0 atom stereocenters. The van der Waals surface area contributed by atoms with Crippen molar-refractivity contribution < 1.29 is 17.6 Å². The van der Waals surface area contributed by atoms with Gasteiger partial charge in [-0.2, -0.15) is 0 Å². The molecule has 0 amide bonds. The summed E-state index contributed by atoms with van der Waals surface area (Å²) in [6.07, 6.45) is 0.589. The SMILES string of the molecule is O=Cc1ccc(S(=O)(=O)CF)cc1. The summed E-state index contributed by atoms with van der Waals surface area (Å²) in [6, 6.07) is 3.65. The number of alkyl halides is 1. The molecule has 0 aliphatic heterocycles. The number of carbonyl (C=O) groups is 1. The van der Waals surface area contributed by atoms with E-state index in [9.17, 15) is 17.6 Å². The average Bonchev–Trinajstić information content (AvgIpc) is 2.18. The third-order valence-electron chi connectivity index (χ3n) is 1.52. The van der Waals surface area contributed by atoms with Crippen LogP contribution in [0.15, 0.2) is 29.2 Å². The average molecular weight is 202 g/mol. The molecule has 0 aliphatic rings. The molecule has 0 unspecified atom stereocenters. The molecule has 0 radical (unpaired) electrons. The van der Waals surface area contributed by atoms with E-state index in [4.69, 9.17) is 0 Å². The molecule has 0 spiro atoms. The highest BCUT2D eigenvalue weighted by Gasteiger charge is 2.12. The van der Waals surface area contributed by atoms with Gasteiger partial charge in [-0.05, 0) is 12.1 Å². The van der Waals surface area contributed by atoms with Gasteiger partial charge in [-0.15, -0.1) is 0 Å². The van der Waals surface area contributed by atoms with E-state index in [1.807, 2.05) is 0 Å². The smallest absolute Gasteiger partial charge is 0.207 e. The van der Waals surface area contributed by atoms with E-state index in [1.54, 1.807) is 0 Å². The third-order valence-corrected chi connectivity index (χ3v) is 2.80. The highest BCUT2D eigenvalue weighted by molar-refractivity contribution is 7.91. The Morgan fingerprint density at radius 3 is 2.15 bits per heavy atom. The lowest BCUT2D eigenvalue weighted by molar-refractivity contribution is 0.112. The molecule has 0 aromatic heterocycles. The van der Waals surface area contributed by atoms with E-state index in [0.717, 1.165) is 0 Å². The van der Waals surface area contributed by atoms with Gasteiger partial charge in [0.15, 0.2) is 6.01 Å². The quantitative estimate of drug-likeness (QED) is 0.692. The summed E-state index contributed by atoms with van der Waals surface area (Å²) < 4.78 is 33.9. The van der Waals surface area contributed by atoms with Crippen LogP contribution in [0.3, 0.4) is 0 Å². The first-order valence-electron chi connectivity index (χ1n) is 3.44. The van der Waals surface area contributed by atoms with Crippen molar-refractivity contribution in [2.75, 3.05) is 6.01 Å². The van der Waals surface area contributed by atoms with Crippen LogP contribution in [0, 0.1) is 0 Å². The summed E-state index contributed by atoms with van der Waals surface area (Å²) in [5.41, 5.74) is 0.359. The molecular formula is C8H7FO3S. The van der Waals surface area contributed by atoms with Gasteiger partial charge in [0, 0.05) is 5.56 Å². The summed E-state index contributed by atoms with van der Waals surface area (Å²) in [5.74, 6) is 0. The summed E-state index contributed by atoms with van der Waals surface area (Å²) >= 11 is 0. The van der Waals surface area contributed by atoms with Crippen LogP contribution in [-0.4, -0.2) is 20.7 Å². The van der Waals surface area contributed by atoms with Crippen LogP contribution < -0.4 is 0 Å². The van der Waals surface area contributed by atoms with Crippen LogP contribution >= 0.6 is 0 Å². The zero-order chi connectivity index (χ0) is 9.90. The van der Waals surface area contributed by atoms with Crippen molar-refractivity contribution in [1.29, 1.82) is 0 Å². The number of sulfone groups is 1. The van der Waals surface area contributed by atoms with Crippen molar-refractivity contribution in [1.82, 2.24) is 0 Å². The molecule has 0 heterocycles. The van der Waals surface area contributed by atoms with Crippen molar-refractivity contribution in [3.63, 3.8) is 0 Å². The molecular weight excluding hydrogens is 195 g/mol. The predicted octanol–water partition coefficient (Wildman–Crippen LogP) is 1.20. The Hall–Kier alpha value is -1.23. The number of hydrogen-bond acceptors (Lipinski definition) is 3. The zero-order valence-corrected chi connectivity index (χ0v) is 7.42. The monoisotopic (exact) mass is 202 g/mol. The Bertz CT molecular complexity index is 394. The number of aldehydes is 1. The van der Waals surface area contributed by atoms with Gasteiger partial charge in [0.25, 0.3) is 0 Å². The van der Waals surface area contributed by atoms with Gasteiger partial charge in [-0.3, -0.25) is 4.79 Å². The Labute approximate surface area is 75.1 Å². The second kappa shape index (κ2) is 3.66. The van der Waals surface area contributed by atoms with E-state index < -0.39 is 15.8 Å². The molecule has 0 bridgehead atoms. The Kier molecular flexibility index (Phi) is 2.77. The number of halogens is 1. The van der Waals surface area contributed by atoms with Gasteiger partial charge in [0.2, 0.25) is 9.84 Å². The summed E-state index contributed by atoms with van der Waals surface area (Å²) in [5, 5.41) is 0. The second-order valence-electron chi connectivity index (χ2n) is 2.41. The molecule has 70 valence electrons. The Morgan fingerprint density at radius 1 is 1.23 bits per heavy atom. The van der Waals surface area contributed by atoms with Crippen molar-refractivity contribution in [3.8, 4) is 0 Å². The van der Waals surface area contributed by atoms with Gasteiger partial charge < -0.3 is 0 Å². The molecule has 0 fully saturated rings. The molecule has 1 aromatic carbocycles. The van der Waals surface area contributed by atoms with Gasteiger partial charge >= 0.3 is 0 Å². The first-order valence-corrected chi connectivity index (χ1v) is 5.09. The second-order valence-corrected chi connectivity index (χ2v) is 4.33. The first kappa shape index (κ1) is 9.85. The van der Waals surface area contributed by atoms with Gasteiger partial charge in [-0.25, -0.2) is 12.8 Å². The fourth-order valence-corrected chi connectivity index (χ4v) is 1.49. The first-order chi connectivity index (χ1) is 6.10. The minimum Gasteiger partial charge on any atom is -0.298 e. The molecule has 1 aromatic rings. The number of hydrogen-bond donors (Lipinski definition) is 0. The molecule has 5 heteroatoms. The molecule has 0 saturated carbocycles. The van der Waals surface area contributed by atoms with E-state index in [-0.39, 0.29) is 4.90 Å². The molecule has 3 nitrogen and oxygen atoms in total. The highest BCUT2D eigenvalue weighted by atomic mass is 32.2. The predicted molar refractivity (Wildman–Crippen MR) is 45.0 cm³/mol. The van der Waals surface area contributed by atoms with Crippen molar-refractivity contribution in [2.45, 2.75) is 4.90 Å². The minimum absolute atomic E-state index is 0.111.